The minimum absolute atomic E-state index is 0.790. The van der Waals surface area contributed by atoms with Crippen LogP contribution in [0.25, 0.3) is 10.1 Å². The summed E-state index contributed by atoms with van der Waals surface area (Å²) in [6, 6.07) is 5.83. The number of hydrogen-bond donors (Lipinski definition) is 2. The first-order chi connectivity index (χ1) is 6.22. The Labute approximate surface area is 85.7 Å². The first-order valence-corrected chi connectivity index (χ1v) is 5.03. The third kappa shape index (κ3) is 1.36. The Bertz CT molecular complexity index is 450. The molecule has 4 heteroatoms. The van der Waals surface area contributed by atoms with Crippen molar-refractivity contribution in [2.45, 2.75) is 4.90 Å². The lowest BCUT2D eigenvalue weighted by Crippen LogP contribution is -1.83. The van der Waals surface area contributed by atoms with Gasteiger partial charge < -0.3 is 10.5 Å². The predicted molar refractivity (Wildman–Crippen MR) is 60.0 cm³/mol. The topological polar surface area (TPSA) is 35.2 Å². The molecular formula is C9H9NOS2. The van der Waals surface area contributed by atoms with Crippen LogP contribution in [0.4, 0.5) is 5.00 Å². The minimum atomic E-state index is 0.790. The summed E-state index contributed by atoms with van der Waals surface area (Å²) < 4.78 is 6.24. The molecule has 0 amide bonds. The number of rotatable bonds is 1. The van der Waals surface area contributed by atoms with Crippen molar-refractivity contribution in [2.75, 3.05) is 12.8 Å². The van der Waals surface area contributed by atoms with Gasteiger partial charge in [-0.05, 0) is 23.6 Å². The lowest BCUT2D eigenvalue weighted by Gasteiger charge is -2.02. The number of benzene rings is 1. The van der Waals surface area contributed by atoms with Crippen LogP contribution in [-0.4, -0.2) is 7.11 Å². The van der Waals surface area contributed by atoms with E-state index in [4.69, 9.17) is 10.5 Å². The standard InChI is InChI=1S/C9H9NOS2/c1-11-6-3-2-5-4-7(10)13-9(5)8(6)12/h2-4,12H,10H2,1H3. The van der Waals surface area contributed by atoms with Gasteiger partial charge in [-0.2, -0.15) is 0 Å². The van der Waals surface area contributed by atoms with Crippen LogP contribution in [0.1, 0.15) is 0 Å². The summed E-state index contributed by atoms with van der Waals surface area (Å²) in [5.41, 5.74) is 5.69. The average Bonchev–Trinajstić information content (AvgIpc) is 2.47. The van der Waals surface area contributed by atoms with Gasteiger partial charge in [0.15, 0.2) is 0 Å². The molecule has 13 heavy (non-hydrogen) atoms. The summed E-state index contributed by atoms with van der Waals surface area (Å²) in [7, 11) is 1.64. The first kappa shape index (κ1) is 8.72. The van der Waals surface area contributed by atoms with Crippen LogP contribution in [0.3, 0.4) is 0 Å². The number of thiophene rings is 1. The molecule has 2 rings (SSSR count). The van der Waals surface area contributed by atoms with E-state index in [0.717, 1.165) is 25.7 Å². The Morgan fingerprint density at radius 1 is 1.46 bits per heavy atom. The second-order valence-corrected chi connectivity index (χ2v) is 4.21. The van der Waals surface area contributed by atoms with Crippen LogP contribution in [0.2, 0.25) is 0 Å². The zero-order valence-electron chi connectivity index (χ0n) is 7.07. The highest BCUT2D eigenvalue weighted by atomic mass is 32.1. The minimum Gasteiger partial charge on any atom is -0.496 e. The van der Waals surface area contributed by atoms with E-state index in [-0.39, 0.29) is 0 Å². The van der Waals surface area contributed by atoms with Gasteiger partial charge in [0.25, 0.3) is 0 Å². The van der Waals surface area contributed by atoms with Crippen LogP contribution >= 0.6 is 24.0 Å². The van der Waals surface area contributed by atoms with Crippen LogP contribution in [0.5, 0.6) is 5.75 Å². The Morgan fingerprint density at radius 3 is 2.92 bits per heavy atom. The third-order valence-electron chi connectivity index (χ3n) is 1.86. The summed E-state index contributed by atoms with van der Waals surface area (Å²) in [5, 5.41) is 1.92. The summed E-state index contributed by atoms with van der Waals surface area (Å²) in [4.78, 5) is 0.863. The average molecular weight is 211 g/mol. The fourth-order valence-corrected chi connectivity index (χ4v) is 2.55. The van der Waals surface area contributed by atoms with Crippen molar-refractivity contribution in [1.82, 2.24) is 0 Å². The van der Waals surface area contributed by atoms with Crippen molar-refractivity contribution < 1.29 is 4.74 Å². The number of hydrogen-bond acceptors (Lipinski definition) is 4. The largest absolute Gasteiger partial charge is 0.496 e. The Kier molecular flexibility index (Phi) is 2.09. The maximum atomic E-state index is 5.69. The van der Waals surface area contributed by atoms with Gasteiger partial charge >= 0.3 is 0 Å². The fourth-order valence-electron chi connectivity index (χ4n) is 1.25. The Balaban J connectivity index is 2.78. The lowest BCUT2D eigenvalue weighted by molar-refractivity contribution is 0.406. The monoisotopic (exact) mass is 211 g/mol. The highest BCUT2D eigenvalue weighted by Gasteiger charge is 2.06. The zero-order valence-corrected chi connectivity index (χ0v) is 8.78. The molecule has 0 spiro atoms. The Morgan fingerprint density at radius 2 is 2.23 bits per heavy atom. The zero-order chi connectivity index (χ0) is 9.42. The molecule has 0 atom stereocenters. The molecule has 0 fully saturated rings. The van der Waals surface area contributed by atoms with Gasteiger partial charge in [0.1, 0.15) is 5.75 Å². The molecule has 0 bridgehead atoms. The van der Waals surface area contributed by atoms with E-state index < -0.39 is 0 Å². The SMILES string of the molecule is COc1ccc2cc(N)sc2c1S. The van der Waals surface area contributed by atoms with Crippen LogP contribution in [0, 0.1) is 0 Å². The molecule has 2 N–H and O–H groups in total. The molecule has 1 heterocycles. The van der Waals surface area contributed by atoms with Gasteiger partial charge in [0, 0.05) is 0 Å². The van der Waals surface area contributed by atoms with E-state index in [1.165, 1.54) is 11.3 Å². The number of nitrogens with two attached hydrogens (primary N) is 1. The third-order valence-corrected chi connectivity index (χ3v) is 3.46. The van der Waals surface area contributed by atoms with Crippen molar-refractivity contribution in [3.05, 3.63) is 18.2 Å². The quantitative estimate of drug-likeness (QED) is 0.711. The number of fused-ring (bicyclic) bond motifs is 1. The van der Waals surface area contributed by atoms with Crippen molar-refractivity contribution in [3.63, 3.8) is 0 Å². The molecule has 1 aromatic heterocycles. The van der Waals surface area contributed by atoms with Gasteiger partial charge in [-0.25, -0.2) is 0 Å². The van der Waals surface area contributed by atoms with Crippen LogP contribution in [-0.2, 0) is 0 Å². The van der Waals surface area contributed by atoms with Gasteiger partial charge in [-0.3, -0.25) is 0 Å². The number of ether oxygens (including phenoxy) is 1. The molecule has 0 unspecified atom stereocenters. The van der Waals surface area contributed by atoms with Gasteiger partial charge in [0.2, 0.25) is 0 Å². The highest BCUT2D eigenvalue weighted by molar-refractivity contribution is 7.81. The predicted octanol–water partition coefficient (Wildman–Crippen LogP) is 2.78. The van der Waals surface area contributed by atoms with E-state index in [9.17, 15) is 0 Å². The molecule has 68 valence electrons. The van der Waals surface area contributed by atoms with Gasteiger partial charge in [-0.15, -0.1) is 24.0 Å². The van der Waals surface area contributed by atoms with E-state index in [1.54, 1.807) is 7.11 Å². The summed E-state index contributed by atoms with van der Waals surface area (Å²) in [6.45, 7) is 0. The highest BCUT2D eigenvalue weighted by Crippen LogP contribution is 2.37. The maximum Gasteiger partial charge on any atom is 0.133 e. The maximum absolute atomic E-state index is 5.69. The molecule has 0 aliphatic carbocycles. The van der Waals surface area contributed by atoms with Crippen molar-refractivity contribution >= 4 is 39.1 Å². The second kappa shape index (κ2) is 3.12. The summed E-state index contributed by atoms with van der Waals surface area (Å²) in [6.07, 6.45) is 0. The van der Waals surface area contributed by atoms with E-state index in [2.05, 4.69) is 12.6 Å². The molecule has 0 saturated heterocycles. The normalized spacial score (nSPS) is 10.6. The molecule has 0 aliphatic rings. The number of thiol groups is 1. The van der Waals surface area contributed by atoms with Crippen LogP contribution < -0.4 is 10.5 Å². The summed E-state index contributed by atoms with van der Waals surface area (Å²) >= 11 is 5.92. The van der Waals surface area contributed by atoms with Crippen LogP contribution in [0.15, 0.2) is 23.1 Å². The summed E-state index contributed by atoms with van der Waals surface area (Å²) in [5.74, 6) is 0.790. The van der Waals surface area contributed by atoms with E-state index >= 15 is 0 Å². The fraction of sp³-hybridized carbons (Fsp3) is 0.111. The smallest absolute Gasteiger partial charge is 0.133 e. The van der Waals surface area contributed by atoms with E-state index in [0.29, 0.717) is 0 Å². The number of anilines is 1. The molecule has 2 aromatic rings. The molecule has 1 aromatic carbocycles. The van der Waals surface area contributed by atoms with E-state index in [1.807, 2.05) is 18.2 Å². The Hall–Kier alpha value is -0.870. The molecule has 0 saturated carbocycles. The molecule has 2 nitrogen and oxygen atoms in total. The molecule has 0 aliphatic heterocycles. The van der Waals surface area contributed by atoms with Crippen molar-refractivity contribution in [2.24, 2.45) is 0 Å². The van der Waals surface area contributed by atoms with Gasteiger partial charge in [-0.1, -0.05) is 0 Å². The number of methoxy groups -OCH3 is 1. The molecule has 0 radical (unpaired) electrons. The second-order valence-electron chi connectivity index (χ2n) is 2.68. The van der Waals surface area contributed by atoms with Crippen molar-refractivity contribution in [1.29, 1.82) is 0 Å². The lowest BCUT2D eigenvalue weighted by atomic mass is 10.2. The number of nitrogen functional groups attached to an aromatic ring is 1. The van der Waals surface area contributed by atoms with Gasteiger partial charge in [0.05, 0.1) is 21.7 Å². The van der Waals surface area contributed by atoms with Crippen molar-refractivity contribution in [3.8, 4) is 5.75 Å². The molecular weight excluding hydrogens is 202 g/mol. The first-order valence-electron chi connectivity index (χ1n) is 3.77.